The van der Waals surface area contributed by atoms with E-state index >= 15 is 0 Å². The van der Waals surface area contributed by atoms with Crippen LogP contribution in [0, 0.1) is 17.2 Å². The van der Waals surface area contributed by atoms with E-state index in [1.807, 2.05) is 6.07 Å². The number of esters is 1. The molecule has 1 aromatic rings. The minimum absolute atomic E-state index is 0.0950. The number of ether oxygens (including phenoxy) is 1. The number of methoxy groups -OCH3 is 1. The van der Waals surface area contributed by atoms with Gasteiger partial charge in [0.1, 0.15) is 12.1 Å². The van der Waals surface area contributed by atoms with Crippen LogP contribution in [-0.4, -0.2) is 37.0 Å². The van der Waals surface area contributed by atoms with Gasteiger partial charge in [-0.05, 0) is 24.5 Å². The zero-order valence-electron chi connectivity index (χ0n) is 14.6. The Labute approximate surface area is 147 Å². The minimum Gasteiger partial charge on any atom is -0.467 e. The first-order valence-corrected chi connectivity index (χ1v) is 8.01. The van der Waals surface area contributed by atoms with Crippen LogP contribution in [0.15, 0.2) is 30.3 Å². The molecule has 134 valence electrons. The van der Waals surface area contributed by atoms with Crippen LogP contribution in [0.4, 0.5) is 0 Å². The molecular weight excluding hydrogens is 322 g/mol. The van der Waals surface area contributed by atoms with Crippen molar-refractivity contribution < 1.29 is 19.1 Å². The Bertz CT molecular complexity index is 637. The molecule has 0 heterocycles. The standard InChI is InChI=1S/C18H23N3O4/c1-12(2)15(18(24)25-3)21-17(23)14(10-7-11-19)20-16(22)13-8-5-4-6-9-13/h4-6,8-9,12,14-15H,7,10H2,1-3H3,(H,20,22)(H,21,23)/t14?,15-/m0/s1. The number of carbonyl (C=O) groups excluding carboxylic acids is 3. The lowest BCUT2D eigenvalue weighted by Gasteiger charge is -2.23. The first kappa shape index (κ1) is 20.2. The quantitative estimate of drug-likeness (QED) is 0.692. The van der Waals surface area contributed by atoms with Crippen LogP contribution in [0.2, 0.25) is 0 Å². The number of rotatable bonds is 8. The number of amides is 2. The van der Waals surface area contributed by atoms with E-state index in [-0.39, 0.29) is 18.8 Å². The average Bonchev–Trinajstić information content (AvgIpc) is 2.62. The highest BCUT2D eigenvalue weighted by Gasteiger charge is 2.29. The molecule has 0 radical (unpaired) electrons. The molecule has 7 nitrogen and oxygen atoms in total. The first-order valence-electron chi connectivity index (χ1n) is 8.01. The highest BCUT2D eigenvalue weighted by atomic mass is 16.5. The lowest BCUT2D eigenvalue weighted by Crippen LogP contribution is -2.53. The van der Waals surface area contributed by atoms with Crippen LogP contribution in [0.25, 0.3) is 0 Å². The van der Waals surface area contributed by atoms with Gasteiger partial charge in [0.15, 0.2) is 0 Å². The van der Waals surface area contributed by atoms with Gasteiger partial charge in [-0.1, -0.05) is 32.0 Å². The Morgan fingerprint density at radius 3 is 2.32 bits per heavy atom. The van der Waals surface area contributed by atoms with Gasteiger partial charge in [0.2, 0.25) is 5.91 Å². The highest BCUT2D eigenvalue weighted by molar-refractivity contribution is 5.98. The molecule has 0 spiro atoms. The summed E-state index contributed by atoms with van der Waals surface area (Å²) in [6.07, 6.45) is 0.241. The molecule has 0 aliphatic carbocycles. The molecule has 0 saturated carbocycles. The van der Waals surface area contributed by atoms with Gasteiger partial charge in [-0.15, -0.1) is 0 Å². The highest BCUT2D eigenvalue weighted by Crippen LogP contribution is 2.07. The number of nitrogens with zero attached hydrogens (tertiary/aromatic N) is 1. The molecule has 1 aromatic carbocycles. The molecule has 0 fully saturated rings. The Morgan fingerprint density at radius 2 is 1.80 bits per heavy atom. The third kappa shape index (κ3) is 6.26. The topological polar surface area (TPSA) is 108 Å². The monoisotopic (exact) mass is 345 g/mol. The molecule has 0 saturated heterocycles. The van der Waals surface area contributed by atoms with Crippen LogP contribution in [0.3, 0.4) is 0 Å². The van der Waals surface area contributed by atoms with E-state index in [1.54, 1.807) is 44.2 Å². The number of hydrogen-bond donors (Lipinski definition) is 2. The molecule has 1 rings (SSSR count). The summed E-state index contributed by atoms with van der Waals surface area (Å²) in [7, 11) is 1.24. The van der Waals surface area contributed by atoms with Crippen molar-refractivity contribution in [1.82, 2.24) is 10.6 Å². The van der Waals surface area contributed by atoms with Gasteiger partial charge in [0, 0.05) is 12.0 Å². The predicted molar refractivity (Wildman–Crippen MR) is 91.3 cm³/mol. The second-order valence-electron chi connectivity index (χ2n) is 5.84. The summed E-state index contributed by atoms with van der Waals surface area (Å²) in [6, 6.07) is 8.67. The lowest BCUT2D eigenvalue weighted by atomic mass is 10.0. The van der Waals surface area contributed by atoms with E-state index in [0.29, 0.717) is 5.56 Å². The van der Waals surface area contributed by atoms with Crippen molar-refractivity contribution in [2.75, 3.05) is 7.11 Å². The van der Waals surface area contributed by atoms with Crippen LogP contribution >= 0.6 is 0 Å². The van der Waals surface area contributed by atoms with Crippen LogP contribution in [0.5, 0.6) is 0 Å². The van der Waals surface area contributed by atoms with Crippen LogP contribution in [0.1, 0.15) is 37.0 Å². The van der Waals surface area contributed by atoms with Gasteiger partial charge >= 0.3 is 5.97 Å². The van der Waals surface area contributed by atoms with Gasteiger partial charge in [-0.3, -0.25) is 9.59 Å². The molecule has 7 heteroatoms. The first-order chi connectivity index (χ1) is 11.9. The summed E-state index contributed by atoms with van der Waals surface area (Å²) in [4.78, 5) is 36.6. The fraction of sp³-hybridized carbons (Fsp3) is 0.444. The molecule has 0 bridgehead atoms. The van der Waals surface area contributed by atoms with Crippen LogP contribution in [-0.2, 0) is 14.3 Å². The number of benzene rings is 1. The van der Waals surface area contributed by atoms with E-state index in [0.717, 1.165) is 0 Å². The van der Waals surface area contributed by atoms with Gasteiger partial charge in [0.05, 0.1) is 13.2 Å². The number of hydrogen-bond acceptors (Lipinski definition) is 5. The van der Waals surface area contributed by atoms with Gasteiger partial charge in [-0.2, -0.15) is 5.26 Å². The molecule has 25 heavy (non-hydrogen) atoms. The molecule has 2 N–H and O–H groups in total. The van der Waals surface area contributed by atoms with Crippen molar-refractivity contribution in [1.29, 1.82) is 5.26 Å². The van der Waals surface area contributed by atoms with Gasteiger partial charge in [0.25, 0.3) is 5.91 Å². The van der Waals surface area contributed by atoms with Crippen molar-refractivity contribution in [3.8, 4) is 6.07 Å². The molecule has 2 amide bonds. The summed E-state index contributed by atoms with van der Waals surface area (Å²) in [5, 5.41) is 14.0. The van der Waals surface area contributed by atoms with E-state index < -0.39 is 29.9 Å². The van der Waals surface area contributed by atoms with E-state index in [9.17, 15) is 14.4 Å². The molecular formula is C18H23N3O4. The Balaban J connectivity index is 2.86. The maximum Gasteiger partial charge on any atom is 0.328 e. The molecule has 0 aliphatic heterocycles. The normalized spacial score (nSPS) is 12.6. The lowest BCUT2D eigenvalue weighted by molar-refractivity contribution is -0.146. The predicted octanol–water partition coefficient (Wildman–Crippen LogP) is 1.40. The minimum atomic E-state index is -0.918. The average molecular weight is 345 g/mol. The molecule has 0 aliphatic rings. The Hall–Kier alpha value is -2.88. The third-order valence-electron chi connectivity index (χ3n) is 3.62. The second kappa shape index (κ2) is 10.1. The fourth-order valence-corrected chi connectivity index (χ4v) is 2.19. The third-order valence-corrected chi connectivity index (χ3v) is 3.62. The van der Waals surface area contributed by atoms with Crippen molar-refractivity contribution in [2.45, 2.75) is 38.8 Å². The van der Waals surface area contributed by atoms with Crippen molar-refractivity contribution in [2.24, 2.45) is 5.92 Å². The zero-order chi connectivity index (χ0) is 18.8. The smallest absolute Gasteiger partial charge is 0.328 e. The largest absolute Gasteiger partial charge is 0.467 e. The van der Waals surface area contributed by atoms with Gasteiger partial charge < -0.3 is 15.4 Å². The number of nitrogens with one attached hydrogen (secondary N) is 2. The fourth-order valence-electron chi connectivity index (χ4n) is 2.19. The second-order valence-corrected chi connectivity index (χ2v) is 5.84. The van der Waals surface area contributed by atoms with Crippen molar-refractivity contribution in [3.63, 3.8) is 0 Å². The number of nitriles is 1. The van der Waals surface area contributed by atoms with Crippen molar-refractivity contribution in [3.05, 3.63) is 35.9 Å². The Morgan fingerprint density at radius 1 is 1.16 bits per heavy atom. The number of carbonyl (C=O) groups is 3. The summed E-state index contributed by atoms with van der Waals surface area (Å²) in [6.45, 7) is 3.55. The molecule has 0 aromatic heterocycles. The summed E-state index contributed by atoms with van der Waals surface area (Å²) >= 11 is 0. The zero-order valence-corrected chi connectivity index (χ0v) is 14.6. The van der Waals surface area contributed by atoms with E-state index in [1.165, 1.54) is 7.11 Å². The van der Waals surface area contributed by atoms with Crippen LogP contribution < -0.4 is 10.6 Å². The maximum absolute atomic E-state index is 12.5. The SMILES string of the molecule is COC(=O)[C@@H](NC(=O)C(CCC#N)NC(=O)c1ccccc1)C(C)C. The maximum atomic E-state index is 12.5. The summed E-state index contributed by atoms with van der Waals surface area (Å²) < 4.78 is 4.69. The van der Waals surface area contributed by atoms with Gasteiger partial charge in [-0.25, -0.2) is 4.79 Å². The van der Waals surface area contributed by atoms with E-state index in [2.05, 4.69) is 10.6 Å². The molecule has 2 atom stereocenters. The van der Waals surface area contributed by atoms with E-state index in [4.69, 9.17) is 10.00 Å². The summed E-state index contributed by atoms with van der Waals surface area (Å²) in [5.41, 5.74) is 0.408. The summed E-state index contributed by atoms with van der Waals surface area (Å²) in [5.74, 6) is -1.68. The van der Waals surface area contributed by atoms with Crippen molar-refractivity contribution >= 4 is 17.8 Å². The molecule has 1 unspecified atom stereocenters. The Kier molecular flexibility index (Phi) is 8.13.